The number of fused-ring (bicyclic) bond motifs is 1. The summed E-state index contributed by atoms with van der Waals surface area (Å²) in [6, 6.07) is 8.07. The maximum atomic E-state index is 11.2. The van der Waals surface area contributed by atoms with Crippen LogP contribution in [-0.4, -0.2) is 20.6 Å². The van der Waals surface area contributed by atoms with Crippen molar-refractivity contribution in [1.29, 1.82) is 0 Å². The minimum absolute atomic E-state index is 0.311. The number of aliphatic carboxylic acids is 1. The van der Waals surface area contributed by atoms with Gasteiger partial charge >= 0.3 is 5.97 Å². The number of nitrogens with zero attached hydrogens (tertiary/aromatic N) is 2. The first-order chi connectivity index (χ1) is 9.58. The van der Waals surface area contributed by atoms with E-state index in [1.807, 2.05) is 31.2 Å². The van der Waals surface area contributed by atoms with E-state index in [-0.39, 0.29) is 5.92 Å². The topological polar surface area (TPSA) is 55.1 Å². The number of carboxylic acid groups (broad SMARTS) is 1. The van der Waals surface area contributed by atoms with E-state index in [9.17, 15) is 9.90 Å². The molecular formula is C15H15BrN2O2. The zero-order chi connectivity index (χ0) is 14.3. The number of aromatic nitrogens is 2. The summed E-state index contributed by atoms with van der Waals surface area (Å²) >= 11 is 3.49. The van der Waals surface area contributed by atoms with Gasteiger partial charge in [-0.3, -0.25) is 4.79 Å². The number of aryl methyl sites for hydroxylation is 1. The Labute approximate surface area is 125 Å². The quantitative estimate of drug-likeness (QED) is 0.916. The number of halogens is 1. The van der Waals surface area contributed by atoms with Gasteiger partial charge in [0, 0.05) is 24.2 Å². The molecule has 1 aromatic heterocycles. The first kappa shape index (κ1) is 13.4. The first-order valence-electron chi connectivity index (χ1n) is 6.61. The number of hydrogen-bond donors (Lipinski definition) is 1. The molecule has 1 N–H and O–H groups in total. The maximum Gasteiger partial charge on any atom is 0.306 e. The smallest absolute Gasteiger partial charge is 0.306 e. The fourth-order valence-corrected chi connectivity index (χ4v) is 3.34. The van der Waals surface area contributed by atoms with Gasteiger partial charge in [0.1, 0.15) is 0 Å². The minimum Gasteiger partial charge on any atom is -0.481 e. The summed E-state index contributed by atoms with van der Waals surface area (Å²) < 4.78 is 2.87. The van der Waals surface area contributed by atoms with Gasteiger partial charge in [-0.2, -0.15) is 0 Å². The van der Waals surface area contributed by atoms with E-state index in [0.717, 1.165) is 27.2 Å². The second-order valence-electron chi connectivity index (χ2n) is 5.17. The summed E-state index contributed by atoms with van der Waals surface area (Å²) in [6.45, 7) is 2.75. The number of carboxylic acids is 1. The maximum absolute atomic E-state index is 11.2. The molecule has 0 spiro atoms. The highest BCUT2D eigenvalue weighted by molar-refractivity contribution is 9.10. The minimum atomic E-state index is -0.718. The van der Waals surface area contributed by atoms with Gasteiger partial charge in [-0.15, -0.1) is 0 Å². The highest BCUT2D eigenvalue weighted by atomic mass is 79.9. The predicted molar refractivity (Wildman–Crippen MR) is 79.5 cm³/mol. The van der Waals surface area contributed by atoms with Crippen molar-refractivity contribution in [1.82, 2.24) is 9.55 Å². The summed E-state index contributed by atoms with van der Waals surface area (Å²) in [7, 11) is 0. The molecule has 0 amide bonds. The average Bonchev–Trinajstić information content (AvgIpc) is 2.76. The Morgan fingerprint density at radius 3 is 2.90 bits per heavy atom. The van der Waals surface area contributed by atoms with Gasteiger partial charge in [0.15, 0.2) is 4.73 Å². The predicted octanol–water partition coefficient (Wildman–Crippen LogP) is 3.27. The third-order valence-corrected chi connectivity index (χ3v) is 4.52. The molecule has 1 unspecified atom stereocenters. The van der Waals surface area contributed by atoms with Crippen molar-refractivity contribution in [2.45, 2.75) is 26.3 Å². The fraction of sp³-hybridized carbons (Fsp3) is 0.333. The Morgan fingerprint density at radius 1 is 1.45 bits per heavy atom. The molecule has 0 aliphatic carbocycles. The average molecular weight is 335 g/mol. The van der Waals surface area contributed by atoms with Gasteiger partial charge in [0.25, 0.3) is 0 Å². The standard InChI is InChI=1S/C15H15BrN2O2/c1-9-4-2-3-5-11(9)13-12-8-10(14(19)20)6-7-18(12)15(16)17-13/h2-5,10H,6-8H2,1H3,(H,19,20). The lowest BCUT2D eigenvalue weighted by Crippen LogP contribution is -2.25. The lowest BCUT2D eigenvalue weighted by molar-refractivity contribution is -0.142. The van der Waals surface area contributed by atoms with Crippen LogP contribution in [0.1, 0.15) is 17.7 Å². The van der Waals surface area contributed by atoms with Crippen molar-refractivity contribution in [3.63, 3.8) is 0 Å². The van der Waals surface area contributed by atoms with E-state index in [4.69, 9.17) is 0 Å². The van der Waals surface area contributed by atoms with Crippen molar-refractivity contribution in [3.8, 4) is 11.3 Å². The number of hydrogen-bond acceptors (Lipinski definition) is 2. The summed E-state index contributed by atoms with van der Waals surface area (Å²) in [6.07, 6.45) is 1.20. The van der Waals surface area contributed by atoms with Gasteiger partial charge in [0.2, 0.25) is 0 Å². The van der Waals surface area contributed by atoms with E-state index >= 15 is 0 Å². The Hall–Kier alpha value is -1.62. The molecule has 20 heavy (non-hydrogen) atoms. The number of benzene rings is 1. The third kappa shape index (κ3) is 2.16. The fourth-order valence-electron chi connectivity index (χ4n) is 2.78. The van der Waals surface area contributed by atoms with Gasteiger partial charge in [-0.05, 0) is 34.8 Å². The van der Waals surface area contributed by atoms with Crippen LogP contribution >= 0.6 is 15.9 Å². The second-order valence-corrected chi connectivity index (χ2v) is 5.88. The number of imidazole rings is 1. The lowest BCUT2D eigenvalue weighted by Gasteiger charge is -2.22. The molecule has 1 aliphatic heterocycles. The summed E-state index contributed by atoms with van der Waals surface area (Å²) in [5.41, 5.74) is 4.15. The van der Waals surface area contributed by atoms with Crippen molar-refractivity contribution in [3.05, 3.63) is 40.3 Å². The molecule has 3 rings (SSSR count). The van der Waals surface area contributed by atoms with Crippen molar-refractivity contribution in [2.24, 2.45) is 5.92 Å². The highest BCUT2D eigenvalue weighted by Crippen LogP contribution is 2.34. The molecule has 5 heteroatoms. The Morgan fingerprint density at radius 2 is 2.20 bits per heavy atom. The highest BCUT2D eigenvalue weighted by Gasteiger charge is 2.29. The van der Waals surface area contributed by atoms with Crippen molar-refractivity contribution in [2.75, 3.05) is 0 Å². The SMILES string of the molecule is Cc1ccccc1-c1nc(Br)n2c1CC(C(=O)O)CC2. The van der Waals surface area contributed by atoms with Crippen LogP contribution in [-0.2, 0) is 17.8 Å². The van der Waals surface area contributed by atoms with Crippen molar-refractivity contribution < 1.29 is 9.90 Å². The normalized spacial score (nSPS) is 17.8. The van der Waals surface area contributed by atoms with Gasteiger partial charge in [-0.1, -0.05) is 24.3 Å². The zero-order valence-electron chi connectivity index (χ0n) is 11.1. The van der Waals surface area contributed by atoms with Crippen LogP contribution < -0.4 is 0 Å². The summed E-state index contributed by atoms with van der Waals surface area (Å²) in [5.74, 6) is -1.03. The summed E-state index contributed by atoms with van der Waals surface area (Å²) in [5, 5.41) is 9.25. The summed E-state index contributed by atoms with van der Waals surface area (Å²) in [4.78, 5) is 15.8. The monoisotopic (exact) mass is 334 g/mol. The molecule has 1 atom stereocenters. The van der Waals surface area contributed by atoms with E-state index < -0.39 is 5.97 Å². The molecular weight excluding hydrogens is 320 g/mol. The molecule has 0 saturated carbocycles. The van der Waals surface area contributed by atoms with Crippen LogP contribution in [0.4, 0.5) is 0 Å². The Kier molecular flexibility index (Phi) is 3.38. The van der Waals surface area contributed by atoms with E-state index in [1.165, 1.54) is 0 Å². The van der Waals surface area contributed by atoms with E-state index in [0.29, 0.717) is 19.4 Å². The van der Waals surface area contributed by atoms with Crippen LogP contribution in [0.25, 0.3) is 11.3 Å². The molecule has 1 aliphatic rings. The Bertz CT molecular complexity index is 679. The first-order valence-corrected chi connectivity index (χ1v) is 7.41. The lowest BCUT2D eigenvalue weighted by atomic mass is 9.93. The van der Waals surface area contributed by atoms with Gasteiger partial charge in [-0.25, -0.2) is 4.98 Å². The van der Waals surface area contributed by atoms with Crippen LogP contribution in [0, 0.1) is 12.8 Å². The van der Waals surface area contributed by atoms with E-state index in [2.05, 4.69) is 25.5 Å². The number of rotatable bonds is 2. The van der Waals surface area contributed by atoms with E-state index in [1.54, 1.807) is 0 Å². The molecule has 4 nitrogen and oxygen atoms in total. The van der Waals surface area contributed by atoms with Crippen molar-refractivity contribution >= 4 is 21.9 Å². The second kappa shape index (κ2) is 5.05. The van der Waals surface area contributed by atoms with Crippen LogP contribution in [0.5, 0.6) is 0 Å². The zero-order valence-corrected chi connectivity index (χ0v) is 12.7. The molecule has 0 radical (unpaired) electrons. The largest absolute Gasteiger partial charge is 0.481 e. The molecule has 2 heterocycles. The Balaban J connectivity index is 2.11. The molecule has 2 aromatic rings. The third-order valence-electron chi connectivity index (χ3n) is 3.92. The van der Waals surface area contributed by atoms with Crippen LogP contribution in [0.15, 0.2) is 29.0 Å². The van der Waals surface area contributed by atoms with Crippen LogP contribution in [0.3, 0.4) is 0 Å². The molecule has 104 valence electrons. The molecule has 0 saturated heterocycles. The van der Waals surface area contributed by atoms with Gasteiger partial charge < -0.3 is 9.67 Å². The number of carbonyl (C=O) groups is 1. The molecule has 0 bridgehead atoms. The van der Waals surface area contributed by atoms with Gasteiger partial charge in [0.05, 0.1) is 11.6 Å². The molecule has 1 aromatic carbocycles. The van der Waals surface area contributed by atoms with Crippen LogP contribution in [0.2, 0.25) is 0 Å². The molecule has 0 fully saturated rings.